The first kappa shape index (κ1) is 16.0. The van der Waals surface area contributed by atoms with Crippen molar-refractivity contribution in [1.29, 1.82) is 0 Å². The maximum Gasteiger partial charge on any atom is 0.375 e. The molecule has 0 spiro atoms. The van der Waals surface area contributed by atoms with E-state index in [1.54, 1.807) is 12.1 Å². The number of benzene rings is 1. The fourth-order valence-electron chi connectivity index (χ4n) is 2.67. The number of ketones is 2. The zero-order valence-electron chi connectivity index (χ0n) is 12.8. The first-order valence-corrected chi connectivity index (χ1v) is 6.94. The SMILES string of the molecule is COC(=O)C(=O)[C@H]1CCCc2cc(OC)c(OC)cc2C1=O. The van der Waals surface area contributed by atoms with E-state index in [4.69, 9.17) is 9.47 Å². The Morgan fingerprint density at radius 1 is 1.09 bits per heavy atom. The lowest BCUT2D eigenvalue weighted by atomic mass is 9.91. The molecule has 1 aromatic rings. The van der Waals surface area contributed by atoms with Crippen LogP contribution < -0.4 is 9.47 Å². The summed E-state index contributed by atoms with van der Waals surface area (Å²) in [6.45, 7) is 0. The Balaban J connectivity index is 2.45. The van der Waals surface area contributed by atoms with Crippen molar-refractivity contribution in [2.75, 3.05) is 21.3 Å². The Hall–Kier alpha value is -2.37. The van der Waals surface area contributed by atoms with Gasteiger partial charge in [0.05, 0.1) is 27.2 Å². The summed E-state index contributed by atoms with van der Waals surface area (Å²) in [7, 11) is 4.12. The molecule has 0 unspecified atom stereocenters. The second kappa shape index (κ2) is 6.60. The normalized spacial score (nSPS) is 17.2. The predicted octanol–water partition coefficient (Wildman–Crippen LogP) is 1.58. The third kappa shape index (κ3) is 2.81. The number of Topliss-reactive ketones (excluding diaryl/α,β-unsaturated/α-hetero) is 2. The van der Waals surface area contributed by atoms with Crippen LogP contribution in [0.1, 0.15) is 28.8 Å². The van der Waals surface area contributed by atoms with Crippen molar-refractivity contribution in [3.8, 4) is 11.5 Å². The van der Waals surface area contributed by atoms with Crippen LogP contribution in [0.25, 0.3) is 0 Å². The van der Waals surface area contributed by atoms with Crippen molar-refractivity contribution in [2.45, 2.75) is 19.3 Å². The number of ether oxygens (including phenoxy) is 3. The Bertz CT molecular complexity index is 619. The third-order valence-electron chi connectivity index (χ3n) is 3.83. The van der Waals surface area contributed by atoms with Gasteiger partial charge in [-0.05, 0) is 37.0 Å². The molecular weight excluding hydrogens is 288 g/mol. The number of fused-ring (bicyclic) bond motifs is 1. The van der Waals surface area contributed by atoms with E-state index in [1.807, 2.05) is 0 Å². The van der Waals surface area contributed by atoms with Gasteiger partial charge in [-0.2, -0.15) is 0 Å². The number of carbonyl (C=O) groups excluding carboxylic acids is 3. The molecule has 0 radical (unpaired) electrons. The summed E-state index contributed by atoms with van der Waals surface area (Å²) in [6.07, 6.45) is 1.58. The van der Waals surface area contributed by atoms with Crippen LogP contribution in [-0.2, 0) is 20.7 Å². The molecule has 0 N–H and O–H groups in total. The lowest BCUT2D eigenvalue weighted by Crippen LogP contribution is -2.30. The van der Waals surface area contributed by atoms with Gasteiger partial charge in [-0.1, -0.05) is 0 Å². The maximum atomic E-state index is 12.6. The molecule has 0 saturated carbocycles. The van der Waals surface area contributed by atoms with Crippen LogP contribution in [0.2, 0.25) is 0 Å². The number of hydrogen-bond acceptors (Lipinski definition) is 6. The largest absolute Gasteiger partial charge is 0.493 e. The molecule has 0 bridgehead atoms. The van der Waals surface area contributed by atoms with Gasteiger partial charge in [-0.15, -0.1) is 0 Å². The van der Waals surface area contributed by atoms with E-state index in [9.17, 15) is 14.4 Å². The predicted molar refractivity (Wildman–Crippen MR) is 77.3 cm³/mol. The highest BCUT2D eigenvalue weighted by atomic mass is 16.5. The Morgan fingerprint density at radius 2 is 1.73 bits per heavy atom. The summed E-state index contributed by atoms with van der Waals surface area (Å²) in [5.41, 5.74) is 1.19. The number of aryl methyl sites for hydroxylation is 1. The van der Waals surface area contributed by atoms with Crippen LogP contribution in [0.4, 0.5) is 0 Å². The zero-order chi connectivity index (χ0) is 16.3. The minimum atomic E-state index is -0.994. The van der Waals surface area contributed by atoms with Crippen LogP contribution in [0.15, 0.2) is 12.1 Å². The molecule has 6 heteroatoms. The quantitative estimate of drug-likeness (QED) is 0.364. The van der Waals surface area contributed by atoms with Gasteiger partial charge in [0, 0.05) is 5.56 Å². The van der Waals surface area contributed by atoms with Crippen LogP contribution >= 0.6 is 0 Å². The molecule has 0 aliphatic heterocycles. The van der Waals surface area contributed by atoms with Gasteiger partial charge >= 0.3 is 5.97 Å². The van der Waals surface area contributed by atoms with Gasteiger partial charge in [0.1, 0.15) is 0 Å². The van der Waals surface area contributed by atoms with E-state index in [1.165, 1.54) is 14.2 Å². The van der Waals surface area contributed by atoms with Crippen LogP contribution in [0.5, 0.6) is 11.5 Å². The lowest BCUT2D eigenvalue weighted by molar-refractivity contribution is -0.152. The molecule has 1 aliphatic carbocycles. The van der Waals surface area contributed by atoms with Crippen LogP contribution in [0, 0.1) is 5.92 Å². The lowest BCUT2D eigenvalue weighted by Gasteiger charge is -2.14. The molecule has 1 aliphatic rings. The third-order valence-corrected chi connectivity index (χ3v) is 3.83. The number of rotatable bonds is 4. The molecular formula is C16H18O6. The molecule has 2 rings (SSSR count). The van der Waals surface area contributed by atoms with Gasteiger partial charge < -0.3 is 14.2 Å². The Labute approximate surface area is 128 Å². The smallest absolute Gasteiger partial charge is 0.375 e. The van der Waals surface area contributed by atoms with Gasteiger partial charge in [-0.25, -0.2) is 4.79 Å². The van der Waals surface area contributed by atoms with Crippen molar-refractivity contribution in [3.05, 3.63) is 23.3 Å². The average Bonchev–Trinajstić information content (AvgIpc) is 2.71. The zero-order valence-corrected chi connectivity index (χ0v) is 12.8. The highest BCUT2D eigenvalue weighted by Crippen LogP contribution is 2.35. The molecule has 1 aromatic carbocycles. The summed E-state index contributed by atoms with van der Waals surface area (Å²) in [5, 5.41) is 0. The Kier molecular flexibility index (Phi) is 4.80. The van der Waals surface area contributed by atoms with E-state index >= 15 is 0 Å². The van der Waals surface area contributed by atoms with E-state index in [0.717, 1.165) is 12.7 Å². The van der Waals surface area contributed by atoms with Crippen molar-refractivity contribution in [1.82, 2.24) is 0 Å². The number of carbonyl (C=O) groups is 3. The molecule has 1 atom stereocenters. The van der Waals surface area contributed by atoms with E-state index in [2.05, 4.69) is 4.74 Å². The first-order chi connectivity index (χ1) is 10.5. The molecule has 0 fully saturated rings. The van der Waals surface area contributed by atoms with Crippen molar-refractivity contribution >= 4 is 17.5 Å². The van der Waals surface area contributed by atoms with Crippen molar-refractivity contribution in [2.24, 2.45) is 5.92 Å². The standard InChI is InChI=1S/C16H18O6/c1-20-12-7-9-5-4-6-10(15(18)16(19)22-3)14(17)11(9)8-13(12)21-2/h7-8,10H,4-6H2,1-3H3/t10-/m0/s1. The van der Waals surface area contributed by atoms with Crippen molar-refractivity contribution in [3.63, 3.8) is 0 Å². The number of methoxy groups -OCH3 is 3. The second-order valence-corrected chi connectivity index (χ2v) is 5.03. The molecule has 0 amide bonds. The van der Waals surface area contributed by atoms with E-state index in [0.29, 0.717) is 36.3 Å². The van der Waals surface area contributed by atoms with Crippen molar-refractivity contribution < 1.29 is 28.6 Å². The fraction of sp³-hybridized carbons (Fsp3) is 0.438. The van der Waals surface area contributed by atoms with Crippen LogP contribution in [-0.4, -0.2) is 38.9 Å². The van der Waals surface area contributed by atoms with Crippen LogP contribution in [0.3, 0.4) is 0 Å². The second-order valence-electron chi connectivity index (χ2n) is 5.03. The summed E-state index contributed by atoms with van der Waals surface area (Å²) in [6, 6.07) is 3.32. The maximum absolute atomic E-state index is 12.6. The highest BCUT2D eigenvalue weighted by Gasteiger charge is 2.35. The van der Waals surface area contributed by atoms with E-state index in [-0.39, 0.29) is 5.78 Å². The topological polar surface area (TPSA) is 78.9 Å². The molecule has 118 valence electrons. The number of esters is 1. The number of hydrogen-bond donors (Lipinski definition) is 0. The monoisotopic (exact) mass is 306 g/mol. The summed E-state index contributed by atoms with van der Waals surface area (Å²) < 4.78 is 14.9. The fourth-order valence-corrected chi connectivity index (χ4v) is 2.67. The van der Waals surface area contributed by atoms with E-state index < -0.39 is 17.7 Å². The summed E-state index contributed by atoms with van der Waals surface area (Å²) in [5.74, 6) is -2.19. The molecule has 0 aromatic heterocycles. The molecule has 6 nitrogen and oxygen atoms in total. The minimum Gasteiger partial charge on any atom is -0.493 e. The van der Waals surface area contributed by atoms with Gasteiger partial charge in [0.25, 0.3) is 5.78 Å². The highest BCUT2D eigenvalue weighted by molar-refractivity contribution is 6.39. The first-order valence-electron chi connectivity index (χ1n) is 6.94. The van der Waals surface area contributed by atoms with Gasteiger partial charge in [-0.3, -0.25) is 9.59 Å². The minimum absolute atomic E-state index is 0.325. The molecule has 22 heavy (non-hydrogen) atoms. The summed E-state index contributed by atoms with van der Waals surface area (Å²) in [4.78, 5) is 36.1. The van der Waals surface area contributed by atoms with Gasteiger partial charge in [0.2, 0.25) is 0 Å². The molecule has 0 heterocycles. The average molecular weight is 306 g/mol. The van der Waals surface area contributed by atoms with Gasteiger partial charge in [0.15, 0.2) is 17.3 Å². The summed E-state index contributed by atoms with van der Waals surface area (Å²) >= 11 is 0. The molecule has 0 saturated heterocycles. The Morgan fingerprint density at radius 3 is 2.32 bits per heavy atom.